The second kappa shape index (κ2) is 8.32. The topological polar surface area (TPSA) is 57.6 Å². The van der Waals surface area contributed by atoms with Gasteiger partial charge in [-0.05, 0) is 42.7 Å². The summed E-state index contributed by atoms with van der Waals surface area (Å²) in [5, 5.41) is 11.4. The Bertz CT molecular complexity index is 1170. The van der Waals surface area contributed by atoms with Crippen molar-refractivity contribution in [3.8, 4) is 0 Å². The van der Waals surface area contributed by atoms with E-state index in [2.05, 4.69) is 6.07 Å². The molecule has 0 fully saturated rings. The lowest BCUT2D eigenvalue weighted by Gasteiger charge is -2.23. The average Bonchev–Trinajstić information content (AvgIpc) is 2.97. The van der Waals surface area contributed by atoms with Crippen LogP contribution in [0.3, 0.4) is 0 Å². The maximum absolute atomic E-state index is 13.4. The van der Waals surface area contributed by atoms with Crippen LogP contribution >= 0.6 is 0 Å². The van der Waals surface area contributed by atoms with E-state index in [0.717, 1.165) is 22.3 Å². The molecule has 0 spiro atoms. The van der Waals surface area contributed by atoms with Crippen molar-refractivity contribution in [1.82, 2.24) is 0 Å². The highest BCUT2D eigenvalue weighted by atomic mass is 16.3. The van der Waals surface area contributed by atoms with Gasteiger partial charge in [0.1, 0.15) is 0 Å². The smallest absolute Gasteiger partial charge is 0.264 e. The minimum absolute atomic E-state index is 0.296. The molecule has 31 heavy (non-hydrogen) atoms. The van der Waals surface area contributed by atoms with E-state index in [1.807, 2.05) is 68.4 Å². The van der Waals surface area contributed by atoms with Gasteiger partial charge in [0, 0.05) is 5.56 Å². The standard InChI is InChI=1S/C27H25NO3/c1-19-12-13-20(2)22(16-19)18-28-25-11-7-6-10-24(25)27(31,26(28)30)17-23(29)15-14-21-8-4-3-5-9-21/h3-16,31H,17-18H2,1-2H3. The molecule has 1 N–H and O–H groups in total. The molecule has 156 valence electrons. The first kappa shape index (κ1) is 20.8. The molecule has 1 heterocycles. The number of benzene rings is 3. The molecule has 1 aliphatic heterocycles. The number of ketones is 1. The predicted molar refractivity (Wildman–Crippen MR) is 123 cm³/mol. The lowest BCUT2D eigenvalue weighted by molar-refractivity contribution is -0.140. The first-order valence-corrected chi connectivity index (χ1v) is 10.3. The molecule has 0 bridgehead atoms. The zero-order chi connectivity index (χ0) is 22.0. The van der Waals surface area contributed by atoms with E-state index in [1.165, 1.54) is 6.08 Å². The number of carbonyl (C=O) groups excluding carboxylic acids is 2. The number of fused-ring (bicyclic) bond motifs is 1. The van der Waals surface area contributed by atoms with Crippen LogP contribution in [0.25, 0.3) is 6.08 Å². The van der Waals surface area contributed by atoms with Gasteiger partial charge in [0.25, 0.3) is 5.91 Å². The fraction of sp³-hybridized carbons (Fsp3) is 0.185. The van der Waals surface area contributed by atoms with Crippen molar-refractivity contribution in [2.75, 3.05) is 4.90 Å². The highest BCUT2D eigenvalue weighted by Gasteiger charge is 2.50. The van der Waals surface area contributed by atoms with Crippen LogP contribution in [0.2, 0.25) is 0 Å². The third-order valence-corrected chi connectivity index (χ3v) is 5.76. The largest absolute Gasteiger partial charge is 0.375 e. The Morgan fingerprint density at radius 3 is 2.48 bits per heavy atom. The summed E-state index contributed by atoms with van der Waals surface area (Å²) in [6, 6.07) is 22.7. The van der Waals surface area contributed by atoms with Crippen LogP contribution in [-0.4, -0.2) is 16.8 Å². The Morgan fingerprint density at radius 1 is 1.00 bits per heavy atom. The Kier molecular flexibility index (Phi) is 5.57. The summed E-state index contributed by atoms with van der Waals surface area (Å²) in [7, 11) is 0. The lowest BCUT2D eigenvalue weighted by Crippen LogP contribution is -2.41. The third-order valence-electron chi connectivity index (χ3n) is 5.76. The zero-order valence-corrected chi connectivity index (χ0v) is 17.7. The quantitative estimate of drug-likeness (QED) is 0.598. The maximum Gasteiger partial charge on any atom is 0.264 e. The molecule has 0 aromatic heterocycles. The summed E-state index contributed by atoms with van der Waals surface area (Å²) in [6.07, 6.45) is 2.83. The van der Waals surface area contributed by atoms with E-state index < -0.39 is 11.5 Å². The number of aryl methyl sites for hydroxylation is 2. The number of allylic oxidation sites excluding steroid dienone is 1. The van der Waals surface area contributed by atoms with Gasteiger partial charge in [0.2, 0.25) is 0 Å². The third kappa shape index (κ3) is 4.07. The number of anilines is 1. The van der Waals surface area contributed by atoms with Gasteiger partial charge in [0.15, 0.2) is 11.4 Å². The van der Waals surface area contributed by atoms with E-state index in [9.17, 15) is 14.7 Å². The van der Waals surface area contributed by atoms with Crippen molar-refractivity contribution in [3.05, 3.63) is 107 Å². The highest BCUT2D eigenvalue weighted by molar-refractivity contribution is 6.10. The number of carbonyl (C=O) groups is 2. The van der Waals surface area contributed by atoms with E-state index in [0.29, 0.717) is 17.8 Å². The number of nitrogens with zero attached hydrogens (tertiary/aromatic N) is 1. The molecule has 3 aromatic rings. The van der Waals surface area contributed by atoms with Gasteiger partial charge in [0.05, 0.1) is 18.7 Å². The Balaban J connectivity index is 1.62. The monoisotopic (exact) mass is 411 g/mol. The van der Waals surface area contributed by atoms with Crippen molar-refractivity contribution < 1.29 is 14.7 Å². The minimum atomic E-state index is -1.87. The van der Waals surface area contributed by atoms with Gasteiger partial charge in [-0.25, -0.2) is 0 Å². The van der Waals surface area contributed by atoms with Gasteiger partial charge in [-0.2, -0.15) is 0 Å². The van der Waals surface area contributed by atoms with Crippen LogP contribution < -0.4 is 4.90 Å². The summed E-state index contributed by atoms with van der Waals surface area (Å²) in [5.41, 5.74) is 3.35. The molecule has 0 aliphatic carbocycles. The van der Waals surface area contributed by atoms with E-state index >= 15 is 0 Å². The fourth-order valence-corrected chi connectivity index (χ4v) is 4.04. The highest BCUT2D eigenvalue weighted by Crippen LogP contribution is 2.43. The average molecular weight is 412 g/mol. The second-order valence-corrected chi connectivity index (χ2v) is 8.09. The molecule has 1 amide bonds. The van der Waals surface area contributed by atoms with E-state index in [4.69, 9.17) is 0 Å². The fourth-order valence-electron chi connectivity index (χ4n) is 4.04. The van der Waals surface area contributed by atoms with Crippen LogP contribution in [0.4, 0.5) is 5.69 Å². The van der Waals surface area contributed by atoms with Crippen molar-refractivity contribution >= 4 is 23.5 Å². The Hall–Kier alpha value is -3.50. The van der Waals surface area contributed by atoms with E-state index in [1.54, 1.807) is 23.1 Å². The molecule has 1 atom stereocenters. The SMILES string of the molecule is Cc1ccc(C)c(CN2C(=O)C(O)(CC(=O)C=Cc3ccccc3)c3ccccc32)c1. The minimum Gasteiger partial charge on any atom is -0.375 e. The number of amides is 1. The van der Waals surface area contributed by atoms with E-state index in [-0.39, 0.29) is 12.2 Å². The molecule has 4 rings (SSSR count). The Morgan fingerprint density at radius 2 is 1.71 bits per heavy atom. The maximum atomic E-state index is 13.4. The van der Waals surface area contributed by atoms with Gasteiger partial charge < -0.3 is 10.0 Å². The van der Waals surface area contributed by atoms with Gasteiger partial charge >= 0.3 is 0 Å². The van der Waals surface area contributed by atoms with Crippen LogP contribution in [0.15, 0.2) is 78.9 Å². The van der Waals surface area contributed by atoms with Crippen molar-refractivity contribution in [3.63, 3.8) is 0 Å². The van der Waals surface area contributed by atoms with Crippen molar-refractivity contribution in [2.24, 2.45) is 0 Å². The first-order valence-electron chi connectivity index (χ1n) is 10.3. The molecule has 1 aliphatic rings. The normalized spacial score (nSPS) is 17.9. The van der Waals surface area contributed by atoms with Crippen LogP contribution in [0.5, 0.6) is 0 Å². The summed E-state index contributed by atoms with van der Waals surface area (Å²) >= 11 is 0. The molecule has 0 saturated heterocycles. The number of aliphatic hydroxyl groups is 1. The number of hydrogen-bond donors (Lipinski definition) is 1. The second-order valence-electron chi connectivity index (χ2n) is 8.09. The van der Waals surface area contributed by atoms with Crippen molar-refractivity contribution in [1.29, 1.82) is 0 Å². The summed E-state index contributed by atoms with van der Waals surface area (Å²) in [6.45, 7) is 4.36. The number of rotatable bonds is 6. The first-order chi connectivity index (χ1) is 14.9. The molecule has 1 unspecified atom stereocenters. The molecular weight excluding hydrogens is 386 g/mol. The van der Waals surface area contributed by atoms with Crippen molar-refractivity contribution in [2.45, 2.75) is 32.4 Å². The van der Waals surface area contributed by atoms with Gasteiger partial charge in [-0.15, -0.1) is 0 Å². The van der Waals surface area contributed by atoms with Crippen LogP contribution in [0.1, 0.15) is 34.2 Å². The van der Waals surface area contributed by atoms with Gasteiger partial charge in [-0.3, -0.25) is 9.59 Å². The van der Waals surface area contributed by atoms with Gasteiger partial charge in [-0.1, -0.05) is 78.4 Å². The molecule has 0 radical (unpaired) electrons. The predicted octanol–water partition coefficient (Wildman–Crippen LogP) is 4.71. The number of hydrogen-bond acceptors (Lipinski definition) is 3. The Labute approximate surface area is 182 Å². The molecule has 4 heteroatoms. The van der Waals surface area contributed by atoms with Crippen LogP contribution in [0, 0.1) is 13.8 Å². The molecule has 4 nitrogen and oxygen atoms in total. The molecule has 0 saturated carbocycles. The lowest BCUT2D eigenvalue weighted by atomic mass is 9.89. The zero-order valence-electron chi connectivity index (χ0n) is 17.7. The van der Waals surface area contributed by atoms with Crippen LogP contribution in [-0.2, 0) is 21.7 Å². The number of para-hydroxylation sites is 1. The molecule has 3 aromatic carbocycles. The molecular formula is C27H25NO3. The summed E-state index contributed by atoms with van der Waals surface area (Å²) in [4.78, 5) is 27.7. The summed E-state index contributed by atoms with van der Waals surface area (Å²) in [5.74, 6) is -0.765. The summed E-state index contributed by atoms with van der Waals surface area (Å²) < 4.78 is 0.